The number of fused-ring (bicyclic) bond motifs is 1. The third-order valence-electron chi connectivity index (χ3n) is 2.49. The van der Waals surface area contributed by atoms with Gasteiger partial charge in [-0.2, -0.15) is 0 Å². The average Bonchev–Trinajstić information content (AvgIpc) is 2.28. The number of imide groups is 1. The van der Waals surface area contributed by atoms with Gasteiger partial charge in [-0.3, -0.25) is 4.79 Å². The lowest BCUT2D eigenvalue weighted by atomic mass is 10.1. The Kier molecular flexibility index (Phi) is 3.35. The first-order chi connectivity index (χ1) is 8.13. The SMILES string of the molecule is NCCc1ccc2c(c1)N(C(=O)O)C(=O)CS2. The van der Waals surface area contributed by atoms with E-state index >= 15 is 0 Å². The highest BCUT2D eigenvalue weighted by molar-refractivity contribution is 8.00. The number of hydrogen-bond acceptors (Lipinski definition) is 4. The Morgan fingerprint density at radius 1 is 1.53 bits per heavy atom. The van der Waals surface area contributed by atoms with Gasteiger partial charge in [-0.05, 0) is 30.7 Å². The predicted octanol–water partition coefficient (Wildman–Crippen LogP) is 1.30. The Balaban J connectivity index is 2.45. The van der Waals surface area contributed by atoms with Gasteiger partial charge in [-0.1, -0.05) is 6.07 Å². The molecule has 1 aromatic carbocycles. The van der Waals surface area contributed by atoms with Crippen molar-refractivity contribution in [3.05, 3.63) is 23.8 Å². The van der Waals surface area contributed by atoms with Crippen LogP contribution in [0.5, 0.6) is 0 Å². The van der Waals surface area contributed by atoms with Gasteiger partial charge in [0.15, 0.2) is 0 Å². The molecule has 90 valence electrons. The van der Waals surface area contributed by atoms with Crippen molar-refractivity contribution in [1.82, 2.24) is 0 Å². The maximum absolute atomic E-state index is 11.6. The highest BCUT2D eigenvalue weighted by atomic mass is 32.2. The zero-order valence-corrected chi connectivity index (χ0v) is 9.87. The summed E-state index contributed by atoms with van der Waals surface area (Å²) >= 11 is 1.36. The fourth-order valence-corrected chi connectivity index (χ4v) is 2.60. The van der Waals surface area contributed by atoms with E-state index in [1.165, 1.54) is 11.8 Å². The first-order valence-electron chi connectivity index (χ1n) is 5.15. The summed E-state index contributed by atoms with van der Waals surface area (Å²) in [7, 11) is 0. The van der Waals surface area contributed by atoms with E-state index in [-0.39, 0.29) is 5.75 Å². The van der Waals surface area contributed by atoms with Crippen LogP contribution in [0.2, 0.25) is 0 Å². The summed E-state index contributed by atoms with van der Waals surface area (Å²) in [5.41, 5.74) is 6.84. The van der Waals surface area contributed by atoms with Crippen LogP contribution in [0.1, 0.15) is 5.56 Å². The zero-order valence-electron chi connectivity index (χ0n) is 9.05. The number of anilines is 1. The first-order valence-corrected chi connectivity index (χ1v) is 6.13. The molecule has 17 heavy (non-hydrogen) atoms. The number of thioether (sulfide) groups is 1. The van der Waals surface area contributed by atoms with Crippen LogP contribution < -0.4 is 10.6 Å². The van der Waals surface area contributed by atoms with Crippen LogP contribution in [0.15, 0.2) is 23.1 Å². The molecule has 0 aromatic heterocycles. The number of benzene rings is 1. The minimum atomic E-state index is -1.23. The average molecular weight is 252 g/mol. The van der Waals surface area contributed by atoms with Crippen molar-refractivity contribution in [2.24, 2.45) is 5.73 Å². The van der Waals surface area contributed by atoms with E-state index in [9.17, 15) is 9.59 Å². The molecular weight excluding hydrogens is 240 g/mol. The van der Waals surface area contributed by atoms with Crippen molar-refractivity contribution >= 4 is 29.4 Å². The maximum Gasteiger partial charge on any atom is 0.418 e. The molecule has 0 saturated carbocycles. The smallest absolute Gasteiger partial charge is 0.418 e. The van der Waals surface area contributed by atoms with Crippen molar-refractivity contribution in [2.75, 3.05) is 17.2 Å². The summed E-state index contributed by atoms with van der Waals surface area (Å²) in [5, 5.41) is 9.05. The van der Waals surface area contributed by atoms with Gasteiger partial charge in [-0.15, -0.1) is 11.8 Å². The molecule has 1 aliphatic rings. The highest BCUT2D eigenvalue weighted by Crippen LogP contribution is 2.36. The number of nitrogens with two attached hydrogens (primary N) is 1. The van der Waals surface area contributed by atoms with E-state index < -0.39 is 12.0 Å². The molecule has 5 nitrogen and oxygen atoms in total. The third-order valence-corrected chi connectivity index (χ3v) is 3.54. The molecule has 0 radical (unpaired) electrons. The molecule has 1 aromatic rings. The van der Waals surface area contributed by atoms with Gasteiger partial charge in [0.25, 0.3) is 0 Å². The van der Waals surface area contributed by atoms with E-state index in [1.807, 2.05) is 12.1 Å². The molecule has 0 aliphatic carbocycles. The summed E-state index contributed by atoms with van der Waals surface area (Å²) in [4.78, 5) is 24.3. The zero-order chi connectivity index (χ0) is 12.4. The minimum absolute atomic E-state index is 0.162. The highest BCUT2D eigenvalue weighted by Gasteiger charge is 2.29. The summed E-state index contributed by atoms with van der Waals surface area (Å²) < 4.78 is 0. The molecule has 0 bridgehead atoms. The number of carbonyl (C=O) groups is 2. The molecule has 0 spiro atoms. The maximum atomic E-state index is 11.6. The molecule has 2 amide bonds. The molecule has 2 rings (SSSR count). The van der Waals surface area contributed by atoms with Gasteiger partial charge in [-0.25, -0.2) is 9.69 Å². The van der Waals surface area contributed by atoms with Crippen molar-refractivity contribution < 1.29 is 14.7 Å². The van der Waals surface area contributed by atoms with Crippen LogP contribution in [0, 0.1) is 0 Å². The first kappa shape index (κ1) is 11.9. The Morgan fingerprint density at radius 3 is 2.94 bits per heavy atom. The van der Waals surface area contributed by atoms with E-state index in [4.69, 9.17) is 10.8 Å². The van der Waals surface area contributed by atoms with Crippen LogP contribution in [0.3, 0.4) is 0 Å². The second-order valence-electron chi connectivity index (χ2n) is 3.64. The summed E-state index contributed by atoms with van der Waals surface area (Å²) in [6.07, 6.45) is -0.569. The number of rotatable bonds is 2. The number of hydrogen-bond donors (Lipinski definition) is 2. The molecule has 3 N–H and O–H groups in total. The number of amides is 2. The fraction of sp³-hybridized carbons (Fsp3) is 0.273. The Bertz CT molecular complexity index is 476. The summed E-state index contributed by atoms with van der Waals surface area (Å²) in [5.74, 6) is -0.241. The fourth-order valence-electron chi connectivity index (χ4n) is 1.73. The summed E-state index contributed by atoms with van der Waals surface area (Å²) in [6, 6.07) is 5.47. The molecular formula is C11H12N2O3S. The number of nitrogens with zero attached hydrogens (tertiary/aromatic N) is 1. The number of carboxylic acid groups (broad SMARTS) is 1. The van der Waals surface area contributed by atoms with Crippen LogP contribution >= 0.6 is 11.8 Å². The largest absolute Gasteiger partial charge is 0.464 e. The predicted molar refractivity (Wildman–Crippen MR) is 65.4 cm³/mol. The second kappa shape index (κ2) is 4.77. The molecule has 0 unspecified atom stereocenters. The van der Waals surface area contributed by atoms with Crippen LogP contribution in [-0.4, -0.2) is 29.4 Å². The van der Waals surface area contributed by atoms with Crippen LogP contribution in [-0.2, 0) is 11.2 Å². The Morgan fingerprint density at radius 2 is 2.29 bits per heavy atom. The third kappa shape index (κ3) is 2.27. The molecule has 1 heterocycles. The van der Waals surface area contributed by atoms with Gasteiger partial charge in [0, 0.05) is 4.90 Å². The van der Waals surface area contributed by atoms with Gasteiger partial charge in [0.1, 0.15) is 0 Å². The van der Waals surface area contributed by atoms with Gasteiger partial charge in [0.2, 0.25) is 5.91 Å². The normalized spacial score (nSPS) is 14.6. The lowest BCUT2D eigenvalue weighted by Crippen LogP contribution is -2.39. The quantitative estimate of drug-likeness (QED) is 0.829. The topological polar surface area (TPSA) is 83.6 Å². The lowest BCUT2D eigenvalue weighted by Gasteiger charge is -2.25. The molecule has 0 saturated heterocycles. The second-order valence-corrected chi connectivity index (χ2v) is 4.66. The van der Waals surface area contributed by atoms with Gasteiger partial charge in [0.05, 0.1) is 11.4 Å². The molecule has 0 atom stereocenters. The Labute approximate surface area is 103 Å². The molecule has 1 aliphatic heterocycles. The monoisotopic (exact) mass is 252 g/mol. The van der Waals surface area contributed by atoms with E-state index in [0.717, 1.165) is 15.4 Å². The van der Waals surface area contributed by atoms with Crippen LogP contribution in [0.25, 0.3) is 0 Å². The van der Waals surface area contributed by atoms with Crippen LogP contribution in [0.4, 0.5) is 10.5 Å². The standard InChI is InChI=1S/C11H12N2O3S/c12-4-3-7-1-2-9-8(5-7)13(11(15)16)10(14)6-17-9/h1-2,5H,3-4,6,12H2,(H,15,16). The van der Waals surface area contributed by atoms with E-state index in [2.05, 4.69) is 0 Å². The lowest BCUT2D eigenvalue weighted by molar-refractivity contribution is -0.115. The van der Waals surface area contributed by atoms with Gasteiger partial charge < -0.3 is 10.8 Å². The van der Waals surface area contributed by atoms with Crippen molar-refractivity contribution in [3.63, 3.8) is 0 Å². The van der Waals surface area contributed by atoms with E-state index in [0.29, 0.717) is 18.7 Å². The number of carbonyl (C=O) groups excluding carboxylic acids is 1. The van der Waals surface area contributed by atoms with Crippen molar-refractivity contribution in [3.8, 4) is 0 Å². The Hall–Kier alpha value is -1.53. The van der Waals surface area contributed by atoms with Gasteiger partial charge >= 0.3 is 6.09 Å². The molecule has 6 heteroatoms. The minimum Gasteiger partial charge on any atom is -0.464 e. The summed E-state index contributed by atoms with van der Waals surface area (Å²) in [6.45, 7) is 0.493. The van der Waals surface area contributed by atoms with Crippen molar-refractivity contribution in [2.45, 2.75) is 11.3 Å². The van der Waals surface area contributed by atoms with E-state index in [1.54, 1.807) is 6.07 Å². The molecule has 0 fully saturated rings. The van der Waals surface area contributed by atoms with Crippen molar-refractivity contribution in [1.29, 1.82) is 0 Å².